The second-order valence-corrected chi connectivity index (χ2v) is 14.9. The third-order valence-corrected chi connectivity index (χ3v) is 11.9. The van der Waals surface area contributed by atoms with Crippen molar-refractivity contribution in [3.05, 3.63) is 206 Å². The standard InChI is InChI=1S/C54H34N2/c1-2-13-35(14-3-1)36-25-28-38(29-26-36)55-50-22-10-8-19-46(50)49-33-37(27-32-52(49)55)40-21-12-24-53-54(40)47-20-9-11-23-51(47)56(53)39-30-31-45-43-17-5-4-15-41(43)42-16-6-7-18-44(42)48(45)34-39/h1-34H. The van der Waals surface area contributed by atoms with Gasteiger partial charge in [-0.2, -0.15) is 0 Å². The summed E-state index contributed by atoms with van der Waals surface area (Å²) >= 11 is 0. The fourth-order valence-corrected chi connectivity index (χ4v) is 9.42. The topological polar surface area (TPSA) is 9.86 Å². The normalized spacial score (nSPS) is 11.9. The van der Waals surface area contributed by atoms with E-state index < -0.39 is 0 Å². The number of nitrogens with zero attached hydrogens (tertiary/aromatic N) is 2. The number of rotatable bonds is 4. The highest BCUT2D eigenvalue weighted by molar-refractivity contribution is 6.26. The molecule has 0 saturated heterocycles. The van der Waals surface area contributed by atoms with E-state index in [1.165, 1.54) is 98.2 Å². The molecule has 0 spiro atoms. The summed E-state index contributed by atoms with van der Waals surface area (Å²) in [5, 5.41) is 12.7. The Bertz CT molecular complexity index is 3480. The van der Waals surface area contributed by atoms with Crippen LogP contribution in [0.15, 0.2) is 206 Å². The monoisotopic (exact) mass is 710 g/mol. The molecule has 2 heteroatoms. The molecule has 12 aromatic rings. The predicted molar refractivity (Wildman–Crippen MR) is 239 cm³/mol. The second-order valence-electron chi connectivity index (χ2n) is 14.9. The molecule has 0 amide bonds. The number of fused-ring (bicyclic) bond motifs is 12. The Morgan fingerprint density at radius 2 is 0.714 bits per heavy atom. The van der Waals surface area contributed by atoms with Gasteiger partial charge in [-0.3, -0.25) is 0 Å². The minimum Gasteiger partial charge on any atom is -0.309 e. The molecule has 12 rings (SSSR count). The Morgan fingerprint density at radius 1 is 0.232 bits per heavy atom. The SMILES string of the molecule is c1ccc(-c2ccc(-n3c4ccccc4c4cc(-c5cccc6c5c5ccccc5n6-c5ccc6c7ccccc7c7ccccc7c6c5)ccc43)cc2)cc1. The van der Waals surface area contributed by atoms with E-state index in [1.807, 2.05) is 0 Å². The van der Waals surface area contributed by atoms with Crippen LogP contribution < -0.4 is 0 Å². The van der Waals surface area contributed by atoms with Crippen LogP contribution in [0.25, 0.3) is 110 Å². The van der Waals surface area contributed by atoms with Gasteiger partial charge in [-0.15, -0.1) is 0 Å². The lowest BCUT2D eigenvalue weighted by Crippen LogP contribution is -1.94. The maximum atomic E-state index is 2.46. The summed E-state index contributed by atoms with van der Waals surface area (Å²) in [5.74, 6) is 0. The van der Waals surface area contributed by atoms with E-state index in [2.05, 4.69) is 215 Å². The Labute approximate surface area is 323 Å². The number of para-hydroxylation sites is 2. The lowest BCUT2D eigenvalue weighted by molar-refractivity contribution is 1.18. The molecule has 0 aliphatic rings. The largest absolute Gasteiger partial charge is 0.309 e. The van der Waals surface area contributed by atoms with Crippen LogP contribution in [-0.2, 0) is 0 Å². The van der Waals surface area contributed by atoms with Gasteiger partial charge in [0.1, 0.15) is 0 Å². The molecule has 0 unspecified atom stereocenters. The van der Waals surface area contributed by atoms with E-state index in [-0.39, 0.29) is 0 Å². The number of benzene rings is 10. The van der Waals surface area contributed by atoms with Crippen LogP contribution in [0.1, 0.15) is 0 Å². The van der Waals surface area contributed by atoms with Gasteiger partial charge >= 0.3 is 0 Å². The molecule has 0 N–H and O–H groups in total. The maximum Gasteiger partial charge on any atom is 0.0547 e. The van der Waals surface area contributed by atoms with Crippen molar-refractivity contribution in [2.45, 2.75) is 0 Å². The predicted octanol–water partition coefficient (Wildman–Crippen LogP) is 14.7. The molecule has 0 saturated carbocycles. The van der Waals surface area contributed by atoms with E-state index in [0.717, 1.165) is 11.4 Å². The zero-order chi connectivity index (χ0) is 36.7. The second kappa shape index (κ2) is 12.0. The average Bonchev–Trinajstić information content (AvgIpc) is 3.79. The fraction of sp³-hybridized carbons (Fsp3) is 0. The number of aromatic nitrogens is 2. The Balaban J connectivity index is 1.06. The Kier molecular flexibility index (Phi) is 6.66. The van der Waals surface area contributed by atoms with Crippen LogP contribution in [0.5, 0.6) is 0 Å². The van der Waals surface area contributed by atoms with Crippen molar-refractivity contribution < 1.29 is 0 Å². The minimum absolute atomic E-state index is 1.16. The molecule has 56 heavy (non-hydrogen) atoms. The van der Waals surface area contributed by atoms with Crippen molar-refractivity contribution in [2.75, 3.05) is 0 Å². The summed E-state index contributed by atoms with van der Waals surface area (Å²) in [4.78, 5) is 0. The zero-order valence-corrected chi connectivity index (χ0v) is 30.5. The molecule has 0 fully saturated rings. The van der Waals surface area contributed by atoms with Gasteiger partial charge in [0, 0.05) is 32.9 Å². The molecular weight excluding hydrogens is 677 g/mol. The van der Waals surface area contributed by atoms with Crippen molar-refractivity contribution in [1.82, 2.24) is 9.13 Å². The van der Waals surface area contributed by atoms with Crippen LogP contribution in [-0.4, -0.2) is 9.13 Å². The van der Waals surface area contributed by atoms with Gasteiger partial charge in [0.25, 0.3) is 0 Å². The van der Waals surface area contributed by atoms with Crippen molar-refractivity contribution in [1.29, 1.82) is 0 Å². The highest BCUT2D eigenvalue weighted by Gasteiger charge is 2.19. The summed E-state index contributed by atoms with van der Waals surface area (Å²) in [5.41, 5.74) is 12.0. The van der Waals surface area contributed by atoms with E-state index in [4.69, 9.17) is 0 Å². The summed E-state index contributed by atoms with van der Waals surface area (Å²) in [6, 6.07) is 75.7. The van der Waals surface area contributed by atoms with Gasteiger partial charge in [-0.05, 0) is 109 Å². The van der Waals surface area contributed by atoms with Gasteiger partial charge in [-0.1, -0.05) is 152 Å². The molecule has 0 bridgehead atoms. The third kappa shape index (κ3) is 4.50. The minimum atomic E-state index is 1.16. The average molecular weight is 711 g/mol. The van der Waals surface area contributed by atoms with Gasteiger partial charge in [-0.25, -0.2) is 0 Å². The molecule has 2 heterocycles. The molecular formula is C54H34N2. The molecule has 0 atom stereocenters. The molecule has 10 aromatic carbocycles. The summed E-state index contributed by atoms with van der Waals surface area (Å²) in [6.45, 7) is 0. The maximum absolute atomic E-state index is 2.46. The van der Waals surface area contributed by atoms with Gasteiger partial charge in [0.05, 0.1) is 22.1 Å². The van der Waals surface area contributed by atoms with Gasteiger partial charge in [0.2, 0.25) is 0 Å². The van der Waals surface area contributed by atoms with Gasteiger partial charge in [0.15, 0.2) is 0 Å². The van der Waals surface area contributed by atoms with E-state index in [0.29, 0.717) is 0 Å². The first kappa shape index (κ1) is 31.0. The molecule has 0 aliphatic heterocycles. The van der Waals surface area contributed by atoms with E-state index in [9.17, 15) is 0 Å². The van der Waals surface area contributed by atoms with Crippen LogP contribution in [0.2, 0.25) is 0 Å². The van der Waals surface area contributed by atoms with Crippen molar-refractivity contribution >= 4 is 75.9 Å². The van der Waals surface area contributed by atoms with Crippen molar-refractivity contribution in [3.8, 4) is 33.6 Å². The quantitative estimate of drug-likeness (QED) is 0.161. The molecule has 0 radical (unpaired) electrons. The van der Waals surface area contributed by atoms with Crippen LogP contribution in [0, 0.1) is 0 Å². The lowest BCUT2D eigenvalue weighted by atomic mass is 9.94. The van der Waals surface area contributed by atoms with Crippen LogP contribution in [0.3, 0.4) is 0 Å². The van der Waals surface area contributed by atoms with Crippen LogP contribution in [0.4, 0.5) is 0 Å². The zero-order valence-electron chi connectivity index (χ0n) is 30.5. The Morgan fingerprint density at radius 3 is 1.43 bits per heavy atom. The highest BCUT2D eigenvalue weighted by atomic mass is 15.0. The first-order valence-corrected chi connectivity index (χ1v) is 19.4. The molecule has 2 nitrogen and oxygen atoms in total. The number of hydrogen-bond donors (Lipinski definition) is 0. The van der Waals surface area contributed by atoms with Crippen LogP contribution >= 0.6 is 0 Å². The Hall–Kier alpha value is -7.42. The van der Waals surface area contributed by atoms with Gasteiger partial charge < -0.3 is 9.13 Å². The lowest BCUT2D eigenvalue weighted by Gasteiger charge is -2.14. The van der Waals surface area contributed by atoms with E-state index in [1.54, 1.807) is 0 Å². The van der Waals surface area contributed by atoms with Crippen molar-refractivity contribution in [3.63, 3.8) is 0 Å². The third-order valence-electron chi connectivity index (χ3n) is 11.9. The smallest absolute Gasteiger partial charge is 0.0547 e. The first-order chi connectivity index (χ1) is 27.8. The fourth-order valence-electron chi connectivity index (χ4n) is 9.42. The first-order valence-electron chi connectivity index (χ1n) is 19.4. The van der Waals surface area contributed by atoms with Crippen molar-refractivity contribution in [2.24, 2.45) is 0 Å². The molecule has 0 aliphatic carbocycles. The molecule has 2 aromatic heterocycles. The molecule has 260 valence electrons. The summed E-state index contributed by atoms with van der Waals surface area (Å²) < 4.78 is 4.86. The van der Waals surface area contributed by atoms with E-state index >= 15 is 0 Å². The number of hydrogen-bond acceptors (Lipinski definition) is 0. The summed E-state index contributed by atoms with van der Waals surface area (Å²) in [6.07, 6.45) is 0. The highest BCUT2D eigenvalue weighted by Crippen LogP contribution is 2.42. The summed E-state index contributed by atoms with van der Waals surface area (Å²) in [7, 11) is 0.